The molecule has 12 heavy (non-hydrogen) atoms. The Morgan fingerprint density at radius 3 is 2.83 bits per heavy atom. The molecule has 0 aromatic carbocycles. The van der Waals surface area contributed by atoms with Crippen LogP contribution in [0, 0.1) is 0 Å². The third-order valence-corrected chi connectivity index (χ3v) is 1.58. The maximum absolute atomic E-state index is 4.21. The fourth-order valence-corrected chi connectivity index (χ4v) is 0.977. The van der Waals surface area contributed by atoms with E-state index in [4.69, 9.17) is 0 Å². The number of hydrogen-bond acceptors (Lipinski definition) is 3. The van der Waals surface area contributed by atoms with Gasteiger partial charge >= 0.3 is 0 Å². The van der Waals surface area contributed by atoms with Crippen LogP contribution in [0.25, 0.3) is 0 Å². The zero-order valence-electron chi connectivity index (χ0n) is 7.83. The van der Waals surface area contributed by atoms with Gasteiger partial charge in [0, 0.05) is 38.6 Å². The van der Waals surface area contributed by atoms with Gasteiger partial charge in [-0.2, -0.15) is 0 Å². The summed E-state index contributed by atoms with van der Waals surface area (Å²) in [5.74, 6) is 0.980. The maximum Gasteiger partial charge on any atom is 0.130 e. The lowest BCUT2D eigenvalue weighted by atomic mass is 10.3. The predicted molar refractivity (Wildman–Crippen MR) is 52.7 cm³/mol. The molecule has 0 spiro atoms. The van der Waals surface area contributed by atoms with Gasteiger partial charge in [0.05, 0.1) is 0 Å². The van der Waals surface area contributed by atoms with E-state index in [1.807, 2.05) is 37.3 Å². The van der Waals surface area contributed by atoms with Crippen molar-refractivity contribution in [2.75, 3.05) is 30.9 Å². The third-order valence-electron chi connectivity index (χ3n) is 1.58. The second-order valence-corrected chi connectivity index (χ2v) is 2.83. The average Bonchev–Trinajstić information content (AvgIpc) is 2.05. The van der Waals surface area contributed by atoms with E-state index in [0.29, 0.717) is 0 Å². The van der Waals surface area contributed by atoms with E-state index in [9.17, 15) is 0 Å². The monoisotopic (exact) mass is 165 g/mol. The van der Waals surface area contributed by atoms with Crippen LogP contribution in [0.2, 0.25) is 0 Å². The van der Waals surface area contributed by atoms with Gasteiger partial charge in [0.2, 0.25) is 0 Å². The van der Waals surface area contributed by atoms with Crippen molar-refractivity contribution in [3.8, 4) is 0 Å². The maximum atomic E-state index is 4.21. The van der Waals surface area contributed by atoms with Crippen LogP contribution < -0.4 is 10.2 Å². The van der Waals surface area contributed by atoms with Gasteiger partial charge in [-0.05, 0) is 13.0 Å². The summed E-state index contributed by atoms with van der Waals surface area (Å²) in [6, 6.07) is 4.00. The van der Waals surface area contributed by atoms with Gasteiger partial charge < -0.3 is 10.2 Å². The predicted octanol–water partition coefficient (Wildman–Crippen LogP) is 1.58. The van der Waals surface area contributed by atoms with E-state index >= 15 is 0 Å². The molecule has 0 saturated heterocycles. The van der Waals surface area contributed by atoms with Crippen LogP contribution >= 0.6 is 0 Å². The highest BCUT2D eigenvalue weighted by Crippen LogP contribution is 2.13. The number of anilines is 2. The number of aromatic nitrogens is 1. The third kappa shape index (κ3) is 2.12. The van der Waals surface area contributed by atoms with Crippen molar-refractivity contribution in [3.05, 3.63) is 18.3 Å². The van der Waals surface area contributed by atoms with Gasteiger partial charge in [-0.15, -0.1) is 0 Å². The van der Waals surface area contributed by atoms with Crippen LogP contribution in [0.1, 0.15) is 6.92 Å². The second-order valence-electron chi connectivity index (χ2n) is 2.83. The molecule has 0 aliphatic heterocycles. The molecule has 0 atom stereocenters. The molecule has 1 N–H and O–H groups in total. The number of pyridine rings is 1. The molecule has 0 saturated carbocycles. The summed E-state index contributed by atoms with van der Waals surface area (Å²) in [5.41, 5.74) is 1.12. The molecule has 1 rings (SSSR count). The molecule has 3 nitrogen and oxygen atoms in total. The molecule has 66 valence electrons. The molecule has 0 unspecified atom stereocenters. The Labute approximate surface area is 73.4 Å². The fraction of sp³-hybridized carbons (Fsp3) is 0.444. The smallest absolute Gasteiger partial charge is 0.130 e. The van der Waals surface area contributed by atoms with E-state index in [1.165, 1.54) is 0 Å². The summed E-state index contributed by atoms with van der Waals surface area (Å²) in [4.78, 5) is 6.19. The molecule has 0 amide bonds. The Kier molecular flexibility index (Phi) is 2.91. The van der Waals surface area contributed by atoms with Gasteiger partial charge in [-0.1, -0.05) is 0 Å². The topological polar surface area (TPSA) is 28.2 Å². The van der Waals surface area contributed by atoms with E-state index in [2.05, 4.69) is 17.2 Å². The fourth-order valence-electron chi connectivity index (χ4n) is 0.977. The highest BCUT2D eigenvalue weighted by Gasteiger charge is 1.96. The van der Waals surface area contributed by atoms with Gasteiger partial charge in [0.25, 0.3) is 0 Å². The van der Waals surface area contributed by atoms with Crippen molar-refractivity contribution in [2.45, 2.75) is 6.92 Å². The van der Waals surface area contributed by atoms with Crippen molar-refractivity contribution < 1.29 is 0 Å². The summed E-state index contributed by atoms with van der Waals surface area (Å²) in [7, 11) is 3.97. The Morgan fingerprint density at radius 1 is 1.50 bits per heavy atom. The summed E-state index contributed by atoms with van der Waals surface area (Å²) in [6.45, 7) is 3.02. The quantitative estimate of drug-likeness (QED) is 0.737. The van der Waals surface area contributed by atoms with Crippen LogP contribution in [0.4, 0.5) is 11.5 Å². The Balaban J connectivity index is 2.81. The molecule has 0 radical (unpaired) electrons. The second kappa shape index (κ2) is 3.95. The Morgan fingerprint density at radius 2 is 2.25 bits per heavy atom. The van der Waals surface area contributed by atoms with E-state index in [1.54, 1.807) is 0 Å². The van der Waals surface area contributed by atoms with Gasteiger partial charge in [-0.25, -0.2) is 4.98 Å². The van der Waals surface area contributed by atoms with Crippen LogP contribution in [0.3, 0.4) is 0 Å². The van der Waals surface area contributed by atoms with Crippen LogP contribution in [-0.2, 0) is 0 Å². The number of nitrogens with one attached hydrogen (secondary N) is 1. The van der Waals surface area contributed by atoms with Crippen LogP contribution in [-0.4, -0.2) is 25.6 Å². The first-order valence-corrected chi connectivity index (χ1v) is 4.11. The normalized spacial score (nSPS) is 9.58. The molecular formula is C9H15N3. The van der Waals surface area contributed by atoms with Gasteiger partial charge in [-0.3, -0.25) is 0 Å². The lowest BCUT2D eigenvalue weighted by Gasteiger charge is -2.12. The molecule has 0 bridgehead atoms. The highest BCUT2D eigenvalue weighted by atomic mass is 15.1. The van der Waals surface area contributed by atoms with Gasteiger partial charge in [0.15, 0.2) is 0 Å². The summed E-state index contributed by atoms with van der Waals surface area (Å²) < 4.78 is 0. The molecule has 3 heteroatoms. The molecule has 1 heterocycles. The van der Waals surface area contributed by atoms with Crippen molar-refractivity contribution in [1.82, 2.24) is 4.98 Å². The SMILES string of the molecule is CCNc1ccnc(N(C)C)c1. The standard InChI is InChI=1S/C9H15N3/c1-4-10-8-5-6-11-9(7-8)12(2)3/h5-7H,4H2,1-3H3,(H,10,11). The van der Waals surface area contributed by atoms with Crippen LogP contribution in [0.5, 0.6) is 0 Å². The Hall–Kier alpha value is -1.25. The minimum absolute atomic E-state index is 0.941. The molecule has 1 aromatic rings. The molecule has 1 aromatic heterocycles. The Bertz CT molecular complexity index is 245. The summed E-state index contributed by atoms with van der Waals surface area (Å²) in [5, 5.41) is 3.24. The molecular weight excluding hydrogens is 150 g/mol. The van der Waals surface area contributed by atoms with E-state index in [-0.39, 0.29) is 0 Å². The van der Waals surface area contributed by atoms with Gasteiger partial charge in [0.1, 0.15) is 5.82 Å². The first-order chi connectivity index (χ1) is 5.74. The molecule has 0 aliphatic carbocycles. The minimum atomic E-state index is 0.941. The molecule has 0 fully saturated rings. The number of rotatable bonds is 3. The van der Waals surface area contributed by atoms with Crippen molar-refractivity contribution >= 4 is 11.5 Å². The van der Waals surface area contributed by atoms with Crippen molar-refractivity contribution in [2.24, 2.45) is 0 Å². The molecule has 0 aliphatic rings. The van der Waals surface area contributed by atoms with Crippen molar-refractivity contribution in [1.29, 1.82) is 0 Å². The minimum Gasteiger partial charge on any atom is -0.385 e. The summed E-state index contributed by atoms with van der Waals surface area (Å²) in [6.07, 6.45) is 1.81. The zero-order chi connectivity index (χ0) is 8.97. The first-order valence-electron chi connectivity index (χ1n) is 4.11. The van der Waals surface area contributed by atoms with Crippen LogP contribution in [0.15, 0.2) is 18.3 Å². The summed E-state index contributed by atoms with van der Waals surface area (Å²) >= 11 is 0. The van der Waals surface area contributed by atoms with Crippen molar-refractivity contribution in [3.63, 3.8) is 0 Å². The zero-order valence-corrected chi connectivity index (χ0v) is 7.83. The largest absolute Gasteiger partial charge is 0.385 e. The average molecular weight is 165 g/mol. The first kappa shape index (κ1) is 8.84. The number of nitrogens with zero attached hydrogens (tertiary/aromatic N) is 2. The highest BCUT2D eigenvalue weighted by molar-refractivity contribution is 5.52. The van der Waals surface area contributed by atoms with E-state index in [0.717, 1.165) is 18.1 Å². The lowest BCUT2D eigenvalue weighted by Crippen LogP contribution is -2.10. The number of hydrogen-bond donors (Lipinski definition) is 1. The lowest BCUT2D eigenvalue weighted by molar-refractivity contribution is 1.06. The van der Waals surface area contributed by atoms with E-state index < -0.39 is 0 Å².